The topological polar surface area (TPSA) is 49.3 Å². The molecule has 0 aliphatic carbocycles. The molecule has 0 atom stereocenters. The number of rotatable bonds is 4. The van der Waals surface area contributed by atoms with Gasteiger partial charge in [-0.1, -0.05) is 23.2 Å². The number of carboxylic acid groups (broad SMARTS) is 1. The lowest BCUT2D eigenvalue weighted by atomic mass is 10.3. The van der Waals surface area contributed by atoms with Crippen LogP contribution in [-0.4, -0.2) is 11.1 Å². The Balaban J connectivity index is 2.04. The molecule has 2 N–H and O–H groups in total. The summed E-state index contributed by atoms with van der Waals surface area (Å²) in [5.74, 6) is -0.915. The van der Waals surface area contributed by atoms with Crippen LogP contribution < -0.4 is 5.32 Å². The van der Waals surface area contributed by atoms with Crippen molar-refractivity contribution in [1.82, 2.24) is 0 Å². The van der Waals surface area contributed by atoms with Gasteiger partial charge in [-0.2, -0.15) is 0 Å². The molecule has 0 aliphatic heterocycles. The summed E-state index contributed by atoms with van der Waals surface area (Å²) in [5.41, 5.74) is 1.07. The molecule has 0 unspecified atom stereocenters. The average Bonchev–Trinajstić information content (AvgIpc) is 2.76. The summed E-state index contributed by atoms with van der Waals surface area (Å²) in [6.07, 6.45) is 0. The first kappa shape index (κ1) is 13.2. The number of anilines is 1. The molecule has 2 aromatic rings. The molecule has 0 bridgehead atoms. The number of benzene rings is 1. The average molecular weight is 302 g/mol. The normalized spacial score (nSPS) is 10.3. The molecule has 0 saturated heterocycles. The Morgan fingerprint density at radius 3 is 2.72 bits per heavy atom. The van der Waals surface area contributed by atoms with Gasteiger partial charge in [-0.05, 0) is 24.3 Å². The lowest BCUT2D eigenvalue weighted by molar-refractivity contribution is 0.0697. The molecule has 0 radical (unpaired) electrons. The third-order valence-corrected chi connectivity index (χ3v) is 3.77. The SMILES string of the molecule is O=C(O)c1csc(CNc2ccc(Cl)cc2Cl)c1. The van der Waals surface area contributed by atoms with E-state index in [9.17, 15) is 4.79 Å². The van der Waals surface area contributed by atoms with Crippen LogP contribution in [0.3, 0.4) is 0 Å². The van der Waals surface area contributed by atoms with Crippen molar-refractivity contribution in [2.45, 2.75) is 6.54 Å². The molecule has 0 fully saturated rings. The Morgan fingerprint density at radius 2 is 2.11 bits per heavy atom. The van der Waals surface area contributed by atoms with Crippen LogP contribution in [0, 0.1) is 0 Å². The van der Waals surface area contributed by atoms with Crippen molar-refractivity contribution < 1.29 is 9.90 Å². The van der Waals surface area contributed by atoms with Crippen LogP contribution >= 0.6 is 34.5 Å². The zero-order valence-corrected chi connectivity index (χ0v) is 11.4. The van der Waals surface area contributed by atoms with Crippen LogP contribution in [0.25, 0.3) is 0 Å². The van der Waals surface area contributed by atoms with E-state index in [4.69, 9.17) is 28.3 Å². The summed E-state index contributed by atoms with van der Waals surface area (Å²) in [4.78, 5) is 11.7. The molecular weight excluding hydrogens is 293 g/mol. The molecule has 0 spiro atoms. The summed E-state index contributed by atoms with van der Waals surface area (Å²) >= 11 is 13.2. The van der Waals surface area contributed by atoms with E-state index in [0.29, 0.717) is 22.2 Å². The number of aromatic carboxylic acids is 1. The number of hydrogen-bond acceptors (Lipinski definition) is 3. The highest BCUT2D eigenvalue weighted by Gasteiger charge is 2.07. The van der Waals surface area contributed by atoms with Crippen molar-refractivity contribution in [2.75, 3.05) is 5.32 Å². The van der Waals surface area contributed by atoms with Gasteiger partial charge < -0.3 is 10.4 Å². The summed E-state index contributed by atoms with van der Waals surface area (Å²) < 4.78 is 0. The molecule has 0 aliphatic rings. The summed E-state index contributed by atoms with van der Waals surface area (Å²) in [5, 5.41) is 14.7. The van der Waals surface area contributed by atoms with Gasteiger partial charge in [-0.15, -0.1) is 11.3 Å². The van der Waals surface area contributed by atoms with Gasteiger partial charge in [-0.25, -0.2) is 4.79 Å². The minimum atomic E-state index is -0.915. The fourth-order valence-corrected chi connectivity index (χ4v) is 2.67. The van der Waals surface area contributed by atoms with Crippen molar-refractivity contribution in [3.05, 3.63) is 50.1 Å². The zero-order valence-electron chi connectivity index (χ0n) is 9.11. The number of hydrogen-bond donors (Lipinski definition) is 2. The predicted molar refractivity (Wildman–Crippen MR) is 75.1 cm³/mol. The van der Waals surface area contributed by atoms with Gasteiger partial charge in [0.2, 0.25) is 0 Å². The molecule has 0 amide bonds. The molecule has 6 heteroatoms. The van der Waals surface area contributed by atoms with Crippen molar-refractivity contribution in [3.8, 4) is 0 Å². The van der Waals surface area contributed by atoms with E-state index in [2.05, 4.69) is 5.32 Å². The molecule has 1 aromatic carbocycles. The number of thiophene rings is 1. The standard InChI is InChI=1S/C12H9Cl2NO2S/c13-8-1-2-11(10(14)4-8)15-5-9-3-7(6-18-9)12(16)17/h1-4,6,15H,5H2,(H,16,17). The van der Waals surface area contributed by atoms with Crippen LogP contribution in [0.4, 0.5) is 5.69 Å². The maximum Gasteiger partial charge on any atom is 0.336 e. The maximum absolute atomic E-state index is 10.7. The van der Waals surface area contributed by atoms with Crippen LogP contribution in [0.15, 0.2) is 29.6 Å². The second-order valence-corrected chi connectivity index (χ2v) is 5.42. The zero-order chi connectivity index (χ0) is 13.1. The molecule has 3 nitrogen and oxygen atoms in total. The Morgan fingerprint density at radius 1 is 1.33 bits per heavy atom. The minimum Gasteiger partial charge on any atom is -0.478 e. The van der Waals surface area contributed by atoms with Gasteiger partial charge >= 0.3 is 5.97 Å². The fraction of sp³-hybridized carbons (Fsp3) is 0.0833. The van der Waals surface area contributed by atoms with Crippen LogP contribution in [-0.2, 0) is 6.54 Å². The highest BCUT2D eigenvalue weighted by Crippen LogP contribution is 2.26. The summed E-state index contributed by atoms with van der Waals surface area (Å²) in [6, 6.07) is 6.83. The Kier molecular flexibility index (Phi) is 4.11. The molecule has 94 valence electrons. The van der Waals surface area contributed by atoms with E-state index in [0.717, 1.165) is 10.6 Å². The van der Waals surface area contributed by atoms with Crippen molar-refractivity contribution in [3.63, 3.8) is 0 Å². The van der Waals surface area contributed by atoms with Crippen molar-refractivity contribution in [1.29, 1.82) is 0 Å². The lowest BCUT2D eigenvalue weighted by Gasteiger charge is -2.07. The largest absolute Gasteiger partial charge is 0.478 e. The van der Waals surface area contributed by atoms with Crippen LogP contribution in [0.2, 0.25) is 10.0 Å². The van der Waals surface area contributed by atoms with Crippen molar-refractivity contribution in [2.24, 2.45) is 0 Å². The summed E-state index contributed by atoms with van der Waals surface area (Å²) in [6.45, 7) is 0.527. The van der Waals surface area contributed by atoms with Gasteiger partial charge in [-0.3, -0.25) is 0 Å². The quantitative estimate of drug-likeness (QED) is 0.882. The molecule has 1 heterocycles. The maximum atomic E-state index is 10.7. The second-order valence-electron chi connectivity index (χ2n) is 3.58. The number of nitrogens with one attached hydrogen (secondary N) is 1. The van der Waals surface area contributed by atoms with Gasteiger partial charge in [0, 0.05) is 21.8 Å². The van der Waals surface area contributed by atoms with Crippen molar-refractivity contribution >= 4 is 46.2 Å². The Bertz CT molecular complexity index is 583. The molecule has 18 heavy (non-hydrogen) atoms. The van der Waals surface area contributed by atoms with Gasteiger partial charge in [0.05, 0.1) is 16.3 Å². The molecule has 1 aromatic heterocycles. The molecule has 2 rings (SSSR count). The second kappa shape index (κ2) is 5.61. The van der Waals surface area contributed by atoms with E-state index < -0.39 is 5.97 Å². The van der Waals surface area contributed by atoms with Gasteiger partial charge in [0.15, 0.2) is 0 Å². The summed E-state index contributed by atoms with van der Waals surface area (Å²) in [7, 11) is 0. The monoisotopic (exact) mass is 301 g/mol. The fourth-order valence-electron chi connectivity index (χ4n) is 1.40. The first-order valence-electron chi connectivity index (χ1n) is 5.06. The number of halogens is 2. The highest BCUT2D eigenvalue weighted by molar-refractivity contribution is 7.10. The number of carbonyl (C=O) groups is 1. The number of carboxylic acids is 1. The van der Waals surface area contributed by atoms with E-state index >= 15 is 0 Å². The first-order chi connectivity index (χ1) is 8.56. The van der Waals surface area contributed by atoms with E-state index in [1.54, 1.807) is 29.6 Å². The first-order valence-corrected chi connectivity index (χ1v) is 6.69. The Hall–Kier alpha value is -1.23. The molecule has 0 saturated carbocycles. The Labute approximate surface area is 118 Å². The van der Waals surface area contributed by atoms with Gasteiger partial charge in [0.25, 0.3) is 0 Å². The third-order valence-electron chi connectivity index (χ3n) is 2.28. The van der Waals surface area contributed by atoms with Crippen LogP contribution in [0.1, 0.15) is 15.2 Å². The smallest absolute Gasteiger partial charge is 0.336 e. The predicted octanol–water partition coefficient (Wildman–Crippen LogP) is 4.37. The van der Waals surface area contributed by atoms with E-state index in [1.807, 2.05) is 0 Å². The minimum absolute atomic E-state index is 0.305. The van der Waals surface area contributed by atoms with Gasteiger partial charge in [0.1, 0.15) is 0 Å². The van der Waals surface area contributed by atoms with E-state index in [1.165, 1.54) is 11.3 Å². The lowest BCUT2D eigenvalue weighted by Crippen LogP contribution is -1.98. The highest BCUT2D eigenvalue weighted by atomic mass is 35.5. The van der Waals surface area contributed by atoms with Crippen LogP contribution in [0.5, 0.6) is 0 Å². The third kappa shape index (κ3) is 3.16. The van der Waals surface area contributed by atoms with E-state index in [-0.39, 0.29) is 0 Å². The molecular formula is C12H9Cl2NO2S.